The molecule has 0 aliphatic rings. The van der Waals surface area contributed by atoms with Crippen molar-refractivity contribution in [3.05, 3.63) is 35.7 Å². The van der Waals surface area contributed by atoms with E-state index in [9.17, 15) is 0 Å². The zero-order valence-corrected chi connectivity index (χ0v) is 13.0. The summed E-state index contributed by atoms with van der Waals surface area (Å²) in [5, 5.41) is 14.6. The van der Waals surface area contributed by atoms with Gasteiger partial charge in [0.15, 0.2) is 0 Å². The molecule has 21 heavy (non-hydrogen) atoms. The van der Waals surface area contributed by atoms with Crippen molar-refractivity contribution in [2.45, 2.75) is 40.2 Å². The molecule has 0 radical (unpaired) electrons. The minimum atomic E-state index is 0.444. The van der Waals surface area contributed by atoms with Gasteiger partial charge in [-0.25, -0.2) is 0 Å². The molecule has 114 valence electrons. The third kappa shape index (κ3) is 4.86. The number of nitrogens with one attached hydrogen (secondary N) is 2. The van der Waals surface area contributed by atoms with Crippen LogP contribution in [0, 0.1) is 5.92 Å². The second-order valence-electron chi connectivity index (χ2n) is 5.56. The van der Waals surface area contributed by atoms with Crippen LogP contribution in [-0.2, 0) is 13.0 Å². The summed E-state index contributed by atoms with van der Waals surface area (Å²) in [5.41, 5.74) is 2.29. The highest BCUT2D eigenvalue weighted by Gasteiger charge is 2.08. The first kappa shape index (κ1) is 15.5. The van der Waals surface area contributed by atoms with Crippen molar-refractivity contribution < 1.29 is 4.42 Å². The molecule has 2 aromatic rings. The van der Waals surface area contributed by atoms with Crippen molar-refractivity contribution in [1.82, 2.24) is 15.5 Å². The van der Waals surface area contributed by atoms with Crippen molar-refractivity contribution in [1.29, 1.82) is 0 Å². The summed E-state index contributed by atoms with van der Waals surface area (Å²) in [5.74, 6) is 1.21. The molecular formula is C16H24N4O. The van der Waals surface area contributed by atoms with Gasteiger partial charge in [-0.15, -0.1) is 5.10 Å². The summed E-state index contributed by atoms with van der Waals surface area (Å²) in [6, 6.07) is 8.65. The first-order valence-electron chi connectivity index (χ1n) is 7.57. The lowest BCUT2D eigenvalue weighted by atomic mass is 10.1. The molecular weight excluding hydrogens is 264 g/mol. The number of nitrogens with zero attached hydrogens (tertiary/aromatic N) is 2. The van der Waals surface area contributed by atoms with E-state index < -0.39 is 0 Å². The molecule has 0 bridgehead atoms. The Bertz CT molecular complexity index is 551. The van der Waals surface area contributed by atoms with E-state index in [4.69, 9.17) is 4.42 Å². The van der Waals surface area contributed by atoms with Gasteiger partial charge in [0.2, 0.25) is 5.89 Å². The predicted molar refractivity (Wildman–Crippen MR) is 84.6 cm³/mol. The van der Waals surface area contributed by atoms with Crippen molar-refractivity contribution in [2.75, 3.05) is 11.9 Å². The Labute approximate surface area is 126 Å². The molecule has 0 fully saturated rings. The van der Waals surface area contributed by atoms with E-state index in [1.54, 1.807) is 0 Å². The lowest BCUT2D eigenvalue weighted by Gasteiger charge is -2.07. The third-order valence-corrected chi connectivity index (χ3v) is 3.07. The normalized spacial score (nSPS) is 11.0. The summed E-state index contributed by atoms with van der Waals surface area (Å²) in [7, 11) is 0. The highest BCUT2D eigenvalue weighted by molar-refractivity contribution is 5.57. The van der Waals surface area contributed by atoms with Crippen LogP contribution in [0.3, 0.4) is 0 Å². The smallest absolute Gasteiger partial charge is 0.320 e. The van der Waals surface area contributed by atoms with E-state index in [1.165, 1.54) is 5.56 Å². The first-order valence-corrected chi connectivity index (χ1v) is 7.57. The molecule has 1 aromatic heterocycles. The summed E-state index contributed by atoms with van der Waals surface area (Å²) in [6.45, 7) is 8.03. The summed E-state index contributed by atoms with van der Waals surface area (Å²) >= 11 is 0. The molecule has 0 atom stereocenters. The topological polar surface area (TPSA) is 63.0 Å². The molecule has 0 unspecified atom stereocenters. The molecule has 0 spiro atoms. The van der Waals surface area contributed by atoms with Gasteiger partial charge >= 0.3 is 6.01 Å². The van der Waals surface area contributed by atoms with Crippen LogP contribution in [0.5, 0.6) is 0 Å². The molecule has 2 N–H and O–H groups in total. The monoisotopic (exact) mass is 288 g/mol. The number of hydrogen-bond donors (Lipinski definition) is 2. The Morgan fingerprint density at radius 1 is 1.19 bits per heavy atom. The zero-order valence-electron chi connectivity index (χ0n) is 13.0. The maximum Gasteiger partial charge on any atom is 0.320 e. The fraction of sp³-hybridized carbons (Fsp3) is 0.500. The second-order valence-corrected chi connectivity index (χ2v) is 5.56. The average molecular weight is 288 g/mol. The van der Waals surface area contributed by atoms with E-state index >= 15 is 0 Å². The van der Waals surface area contributed by atoms with Gasteiger partial charge < -0.3 is 15.1 Å². The number of hydrogen-bond acceptors (Lipinski definition) is 5. The lowest BCUT2D eigenvalue weighted by Crippen LogP contribution is -2.19. The predicted octanol–water partition coefficient (Wildman–Crippen LogP) is 3.51. The minimum Gasteiger partial charge on any atom is -0.406 e. The second kappa shape index (κ2) is 7.78. The van der Waals surface area contributed by atoms with Gasteiger partial charge in [0, 0.05) is 5.69 Å². The SMILES string of the molecule is CCCc1ccccc1Nc1nnc(CNCC(C)C)o1. The van der Waals surface area contributed by atoms with Crippen LogP contribution in [0.25, 0.3) is 0 Å². The molecule has 0 saturated carbocycles. The van der Waals surface area contributed by atoms with E-state index in [0.29, 0.717) is 24.4 Å². The van der Waals surface area contributed by atoms with Crippen LogP contribution in [0.1, 0.15) is 38.6 Å². The Morgan fingerprint density at radius 2 is 2.00 bits per heavy atom. The summed E-state index contributed by atoms with van der Waals surface area (Å²) in [4.78, 5) is 0. The van der Waals surface area contributed by atoms with Gasteiger partial charge in [0.05, 0.1) is 6.54 Å². The van der Waals surface area contributed by atoms with Gasteiger partial charge in [-0.1, -0.05) is 50.5 Å². The van der Waals surface area contributed by atoms with Crippen LogP contribution >= 0.6 is 0 Å². The minimum absolute atomic E-state index is 0.444. The Balaban J connectivity index is 1.96. The molecule has 1 heterocycles. The van der Waals surface area contributed by atoms with Gasteiger partial charge in [0.25, 0.3) is 0 Å². The van der Waals surface area contributed by atoms with Crippen molar-refractivity contribution >= 4 is 11.7 Å². The van der Waals surface area contributed by atoms with Crippen LogP contribution in [0.2, 0.25) is 0 Å². The molecule has 1 aromatic carbocycles. The summed E-state index contributed by atoms with van der Waals surface area (Å²) in [6.07, 6.45) is 2.13. The summed E-state index contributed by atoms with van der Waals surface area (Å²) < 4.78 is 5.61. The Kier molecular flexibility index (Phi) is 5.75. The number of benzene rings is 1. The van der Waals surface area contributed by atoms with Gasteiger partial charge in [-0.05, 0) is 30.5 Å². The van der Waals surface area contributed by atoms with Crippen LogP contribution in [-0.4, -0.2) is 16.7 Å². The molecule has 2 rings (SSSR count). The van der Waals surface area contributed by atoms with Crippen molar-refractivity contribution in [3.63, 3.8) is 0 Å². The average Bonchev–Trinajstić information content (AvgIpc) is 2.88. The number of aryl methyl sites for hydroxylation is 1. The highest BCUT2D eigenvalue weighted by Crippen LogP contribution is 2.21. The van der Waals surface area contributed by atoms with Gasteiger partial charge in [-0.2, -0.15) is 0 Å². The zero-order chi connectivity index (χ0) is 15.1. The van der Waals surface area contributed by atoms with Gasteiger partial charge in [0.1, 0.15) is 0 Å². The molecule has 5 heteroatoms. The van der Waals surface area contributed by atoms with Crippen molar-refractivity contribution in [3.8, 4) is 0 Å². The number of anilines is 2. The maximum absolute atomic E-state index is 5.61. The van der Waals surface area contributed by atoms with E-state index in [-0.39, 0.29) is 0 Å². The van der Waals surface area contributed by atoms with Crippen LogP contribution in [0.4, 0.5) is 11.7 Å². The van der Waals surface area contributed by atoms with E-state index in [2.05, 4.69) is 47.7 Å². The molecule has 0 saturated heterocycles. The Morgan fingerprint density at radius 3 is 2.76 bits per heavy atom. The number of aromatic nitrogens is 2. The lowest BCUT2D eigenvalue weighted by molar-refractivity contribution is 0.460. The largest absolute Gasteiger partial charge is 0.406 e. The fourth-order valence-corrected chi connectivity index (χ4v) is 2.09. The highest BCUT2D eigenvalue weighted by atomic mass is 16.4. The Hall–Kier alpha value is -1.88. The molecule has 0 amide bonds. The fourth-order valence-electron chi connectivity index (χ4n) is 2.09. The number of para-hydroxylation sites is 1. The number of rotatable bonds is 8. The van der Waals surface area contributed by atoms with Gasteiger partial charge in [-0.3, -0.25) is 0 Å². The quantitative estimate of drug-likeness (QED) is 0.778. The first-order chi connectivity index (χ1) is 10.2. The van der Waals surface area contributed by atoms with E-state index in [1.807, 2.05) is 18.2 Å². The van der Waals surface area contributed by atoms with Crippen molar-refractivity contribution in [2.24, 2.45) is 5.92 Å². The standard InChI is InChI=1S/C16H24N4O/c1-4-7-13-8-5-6-9-14(13)18-16-20-19-15(21-16)11-17-10-12(2)3/h5-6,8-9,12,17H,4,7,10-11H2,1-3H3,(H,18,20). The van der Waals surface area contributed by atoms with E-state index in [0.717, 1.165) is 25.1 Å². The molecule has 0 aliphatic carbocycles. The maximum atomic E-state index is 5.61. The molecule has 0 aliphatic heterocycles. The third-order valence-electron chi connectivity index (χ3n) is 3.07. The molecule has 5 nitrogen and oxygen atoms in total. The van der Waals surface area contributed by atoms with Crippen LogP contribution in [0.15, 0.2) is 28.7 Å². The van der Waals surface area contributed by atoms with Crippen LogP contribution < -0.4 is 10.6 Å².